The Kier molecular flexibility index (Phi) is 8.36. The van der Waals surface area contributed by atoms with Crippen molar-refractivity contribution in [3.05, 3.63) is 120 Å². The minimum absolute atomic E-state index is 0.0965. The minimum Gasteiger partial charge on any atom is -0.487 e. The topological polar surface area (TPSA) is 55.0 Å². The molecule has 0 aliphatic carbocycles. The van der Waals surface area contributed by atoms with E-state index in [1.165, 1.54) is 17.3 Å². The number of benzene rings is 3. The van der Waals surface area contributed by atoms with Crippen molar-refractivity contribution in [3.8, 4) is 5.75 Å². The van der Waals surface area contributed by atoms with Crippen LogP contribution in [0.5, 0.6) is 5.75 Å². The second-order valence-electron chi connectivity index (χ2n) is 8.40. The molecular formula is C29H22I2N2O3S. The SMILES string of the molecule is Cc1ccc(COc2c(I)cc(/C=C3\SC(=Nc4ccccc4)N(Cc4ccco4)C3=O)cc2I)cc1. The number of aliphatic imine (C=N–C) groups is 1. The van der Waals surface area contributed by atoms with Crippen molar-refractivity contribution in [2.75, 3.05) is 0 Å². The monoisotopic (exact) mass is 732 g/mol. The number of ether oxygens (including phenoxy) is 1. The van der Waals surface area contributed by atoms with Crippen LogP contribution >= 0.6 is 56.9 Å². The number of carbonyl (C=O) groups is 1. The molecule has 1 fully saturated rings. The normalized spacial score (nSPS) is 15.6. The number of rotatable bonds is 7. The Bertz CT molecular complexity index is 1440. The summed E-state index contributed by atoms with van der Waals surface area (Å²) >= 11 is 5.96. The molecule has 0 bridgehead atoms. The highest BCUT2D eigenvalue weighted by Gasteiger charge is 2.34. The van der Waals surface area contributed by atoms with E-state index in [1.807, 2.05) is 60.7 Å². The summed E-state index contributed by atoms with van der Waals surface area (Å²) in [7, 11) is 0. The zero-order valence-corrected chi connectivity index (χ0v) is 25.0. The van der Waals surface area contributed by atoms with Gasteiger partial charge in [-0.2, -0.15) is 0 Å². The number of hydrogen-bond donors (Lipinski definition) is 0. The third kappa shape index (κ3) is 6.47. The van der Waals surface area contributed by atoms with Crippen molar-refractivity contribution in [2.45, 2.75) is 20.1 Å². The van der Waals surface area contributed by atoms with Crippen LogP contribution in [0.1, 0.15) is 22.5 Å². The Labute approximate surface area is 247 Å². The number of hydrogen-bond acceptors (Lipinski definition) is 5. The lowest BCUT2D eigenvalue weighted by molar-refractivity contribution is -0.122. The van der Waals surface area contributed by atoms with E-state index < -0.39 is 0 Å². The Hall–Kier alpha value is -2.57. The van der Waals surface area contributed by atoms with Gasteiger partial charge in [0.15, 0.2) is 5.17 Å². The second kappa shape index (κ2) is 11.9. The van der Waals surface area contributed by atoms with Gasteiger partial charge in [0.05, 0.1) is 30.5 Å². The van der Waals surface area contributed by atoms with E-state index in [2.05, 4.69) is 76.4 Å². The molecule has 5 nitrogen and oxygen atoms in total. The maximum absolute atomic E-state index is 13.4. The van der Waals surface area contributed by atoms with E-state index in [0.29, 0.717) is 29.0 Å². The molecule has 2 heterocycles. The summed E-state index contributed by atoms with van der Waals surface area (Å²) in [5, 5.41) is 0.626. The highest BCUT2D eigenvalue weighted by atomic mass is 127. The summed E-state index contributed by atoms with van der Waals surface area (Å²) in [6.07, 6.45) is 3.53. The zero-order valence-electron chi connectivity index (χ0n) is 19.9. The molecule has 8 heteroatoms. The lowest BCUT2D eigenvalue weighted by Crippen LogP contribution is -2.28. The maximum Gasteiger partial charge on any atom is 0.267 e. The Morgan fingerprint density at radius 3 is 2.41 bits per heavy atom. The van der Waals surface area contributed by atoms with Gasteiger partial charge in [0.25, 0.3) is 5.91 Å². The average molecular weight is 732 g/mol. The van der Waals surface area contributed by atoms with E-state index in [0.717, 1.165) is 29.7 Å². The zero-order chi connectivity index (χ0) is 25.8. The van der Waals surface area contributed by atoms with Gasteiger partial charge in [0.2, 0.25) is 0 Å². The van der Waals surface area contributed by atoms with Gasteiger partial charge in [0, 0.05) is 0 Å². The molecule has 0 saturated carbocycles. The van der Waals surface area contributed by atoms with Gasteiger partial charge >= 0.3 is 0 Å². The first-order valence-electron chi connectivity index (χ1n) is 11.5. The van der Waals surface area contributed by atoms with Crippen molar-refractivity contribution in [2.24, 2.45) is 4.99 Å². The van der Waals surface area contributed by atoms with Gasteiger partial charge in [-0.15, -0.1) is 0 Å². The molecule has 1 amide bonds. The predicted molar refractivity (Wildman–Crippen MR) is 166 cm³/mol. The number of amides is 1. The van der Waals surface area contributed by atoms with Crippen LogP contribution in [0.2, 0.25) is 0 Å². The van der Waals surface area contributed by atoms with Crippen LogP contribution < -0.4 is 4.74 Å². The quantitative estimate of drug-likeness (QED) is 0.142. The van der Waals surface area contributed by atoms with E-state index in [4.69, 9.17) is 14.1 Å². The third-order valence-corrected chi connectivity index (χ3v) is 8.19. The van der Waals surface area contributed by atoms with Crippen LogP contribution in [0, 0.1) is 14.1 Å². The predicted octanol–water partition coefficient (Wildman–Crippen LogP) is 8.18. The van der Waals surface area contributed by atoms with Crippen molar-refractivity contribution in [1.82, 2.24) is 4.90 Å². The molecule has 1 saturated heterocycles. The molecule has 37 heavy (non-hydrogen) atoms. The highest BCUT2D eigenvalue weighted by Crippen LogP contribution is 2.37. The van der Waals surface area contributed by atoms with Gasteiger partial charge in [-0.25, -0.2) is 4.99 Å². The number of carbonyl (C=O) groups excluding carboxylic acids is 1. The van der Waals surface area contributed by atoms with Crippen LogP contribution in [0.4, 0.5) is 5.69 Å². The summed E-state index contributed by atoms with van der Waals surface area (Å²) < 4.78 is 13.6. The van der Waals surface area contributed by atoms with Gasteiger partial charge in [0.1, 0.15) is 18.1 Å². The van der Waals surface area contributed by atoms with E-state index >= 15 is 0 Å². The first-order chi connectivity index (χ1) is 18.0. The van der Waals surface area contributed by atoms with Gasteiger partial charge in [-0.1, -0.05) is 48.0 Å². The summed E-state index contributed by atoms with van der Waals surface area (Å²) in [5.74, 6) is 1.45. The van der Waals surface area contributed by atoms with Gasteiger partial charge in [-0.3, -0.25) is 9.69 Å². The highest BCUT2D eigenvalue weighted by molar-refractivity contribution is 14.1. The van der Waals surface area contributed by atoms with Crippen LogP contribution in [0.3, 0.4) is 0 Å². The standard InChI is InChI=1S/C29H22I2N2O3S/c1-19-9-11-20(12-10-19)18-36-27-24(30)14-21(15-25(27)31)16-26-28(34)33(17-23-8-5-13-35-23)29(37-26)32-22-6-3-2-4-7-22/h2-16H,17-18H2,1H3/b26-16-,32-29?. The Morgan fingerprint density at radius 2 is 1.73 bits per heavy atom. The average Bonchev–Trinajstić information content (AvgIpc) is 3.50. The van der Waals surface area contributed by atoms with Crippen molar-refractivity contribution < 1.29 is 13.9 Å². The maximum atomic E-state index is 13.4. The smallest absolute Gasteiger partial charge is 0.267 e. The summed E-state index contributed by atoms with van der Waals surface area (Å²) in [6, 6.07) is 25.8. The molecule has 0 spiro atoms. The molecule has 186 valence electrons. The van der Waals surface area contributed by atoms with Crippen molar-refractivity contribution in [1.29, 1.82) is 0 Å². The summed E-state index contributed by atoms with van der Waals surface area (Å²) in [4.78, 5) is 20.5. The fourth-order valence-electron chi connectivity index (χ4n) is 3.69. The minimum atomic E-state index is -0.0965. The molecule has 5 rings (SSSR count). The Balaban J connectivity index is 1.40. The summed E-state index contributed by atoms with van der Waals surface area (Å²) in [5.41, 5.74) is 4.08. The third-order valence-electron chi connectivity index (χ3n) is 5.59. The molecule has 1 aliphatic heterocycles. The van der Waals surface area contributed by atoms with E-state index in [9.17, 15) is 4.79 Å². The molecule has 1 aliphatic rings. The molecular weight excluding hydrogens is 710 g/mol. The molecule has 4 aromatic rings. The van der Waals surface area contributed by atoms with Crippen LogP contribution in [-0.4, -0.2) is 16.0 Å². The number of amidine groups is 1. The number of aryl methyl sites for hydroxylation is 1. The van der Waals surface area contributed by atoms with Crippen LogP contribution in [0.25, 0.3) is 6.08 Å². The number of halogens is 2. The molecule has 0 atom stereocenters. The van der Waals surface area contributed by atoms with Crippen LogP contribution in [0.15, 0.2) is 99.4 Å². The van der Waals surface area contributed by atoms with E-state index in [-0.39, 0.29) is 5.91 Å². The number of thioether (sulfide) groups is 1. The van der Waals surface area contributed by atoms with Crippen molar-refractivity contribution >= 4 is 79.8 Å². The van der Waals surface area contributed by atoms with E-state index in [1.54, 1.807) is 11.2 Å². The molecule has 1 aromatic heterocycles. The van der Waals surface area contributed by atoms with Gasteiger partial charge in [-0.05, 0) is 117 Å². The fourth-order valence-corrected chi connectivity index (χ4v) is 6.82. The first-order valence-corrected chi connectivity index (χ1v) is 14.5. The molecule has 0 radical (unpaired) electrons. The lowest BCUT2D eigenvalue weighted by atomic mass is 10.1. The number of furan rings is 1. The molecule has 3 aromatic carbocycles. The van der Waals surface area contributed by atoms with Crippen molar-refractivity contribution in [3.63, 3.8) is 0 Å². The second-order valence-corrected chi connectivity index (χ2v) is 11.7. The number of para-hydroxylation sites is 1. The van der Waals surface area contributed by atoms with Gasteiger partial charge < -0.3 is 9.15 Å². The largest absolute Gasteiger partial charge is 0.487 e. The molecule has 0 N–H and O–H groups in total. The Morgan fingerprint density at radius 1 is 1.00 bits per heavy atom. The fraction of sp³-hybridized carbons (Fsp3) is 0.103. The number of nitrogens with zero attached hydrogens (tertiary/aromatic N) is 2. The lowest BCUT2D eigenvalue weighted by Gasteiger charge is -2.14. The van der Waals surface area contributed by atoms with Crippen LogP contribution in [-0.2, 0) is 17.9 Å². The molecule has 0 unspecified atom stereocenters. The summed E-state index contributed by atoms with van der Waals surface area (Å²) in [6.45, 7) is 2.90. The first kappa shape index (κ1) is 26.1.